The molecule has 0 bridgehead atoms. The van der Waals surface area contributed by atoms with Gasteiger partial charge in [-0.05, 0) is 81.3 Å². The first-order valence-electron chi connectivity index (χ1n) is 12.7. The number of imide groups is 1. The first-order valence-corrected chi connectivity index (χ1v) is 12.7. The van der Waals surface area contributed by atoms with Gasteiger partial charge in [-0.2, -0.15) is 0 Å². The zero-order chi connectivity index (χ0) is 25.7. The zero-order valence-corrected chi connectivity index (χ0v) is 21.2. The van der Waals surface area contributed by atoms with Crippen LogP contribution in [0.5, 0.6) is 5.75 Å². The lowest BCUT2D eigenvalue weighted by molar-refractivity contribution is -0.139. The summed E-state index contributed by atoms with van der Waals surface area (Å²) in [6.45, 7) is 8.16. The number of ether oxygens (including phenoxy) is 1. The van der Waals surface area contributed by atoms with E-state index in [-0.39, 0.29) is 42.5 Å². The van der Waals surface area contributed by atoms with Crippen molar-refractivity contribution in [3.05, 3.63) is 53.1 Å². The lowest BCUT2D eigenvalue weighted by atomic mass is 9.76. The van der Waals surface area contributed by atoms with E-state index in [2.05, 4.69) is 6.92 Å². The fourth-order valence-electron chi connectivity index (χ4n) is 5.98. The summed E-state index contributed by atoms with van der Waals surface area (Å²) < 4.78 is 5.63. The number of fused-ring (bicyclic) bond motifs is 1. The van der Waals surface area contributed by atoms with Crippen molar-refractivity contribution in [2.24, 2.45) is 23.7 Å². The van der Waals surface area contributed by atoms with Crippen molar-refractivity contribution < 1.29 is 23.9 Å². The smallest absolute Gasteiger partial charge is 0.316 e. The molecule has 0 N–H and O–H groups in total. The van der Waals surface area contributed by atoms with Gasteiger partial charge in [0.25, 0.3) is 0 Å². The summed E-state index contributed by atoms with van der Waals surface area (Å²) in [5.41, 5.74) is 4.15. The molecule has 0 unspecified atom stereocenters. The Labute approximate surface area is 211 Å². The first kappa shape index (κ1) is 24.2. The van der Waals surface area contributed by atoms with Gasteiger partial charge in [0, 0.05) is 18.7 Å². The van der Waals surface area contributed by atoms with Crippen molar-refractivity contribution >= 4 is 35.1 Å². The maximum absolute atomic E-state index is 13.1. The Morgan fingerprint density at radius 2 is 1.58 bits per heavy atom. The third-order valence-electron chi connectivity index (χ3n) is 7.92. The highest BCUT2D eigenvalue weighted by Gasteiger charge is 2.50. The molecule has 2 aliphatic heterocycles. The van der Waals surface area contributed by atoms with E-state index in [1.807, 2.05) is 32.0 Å². The van der Waals surface area contributed by atoms with Crippen molar-refractivity contribution in [1.82, 2.24) is 0 Å². The number of aryl methyl sites for hydroxylation is 3. The molecule has 1 saturated carbocycles. The van der Waals surface area contributed by atoms with Gasteiger partial charge in [0.2, 0.25) is 17.7 Å². The molecular weight excluding hydrogens is 456 g/mol. The van der Waals surface area contributed by atoms with Crippen LogP contribution in [-0.4, -0.2) is 30.2 Å². The molecule has 0 aromatic heterocycles. The second-order valence-electron chi connectivity index (χ2n) is 10.7. The Balaban J connectivity index is 1.28. The lowest BCUT2D eigenvalue weighted by Crippen LogP contribution is -2.31. The molecule has 1 aliphatic carbocycles. The van der Waals surface area contributed by atoms with Crippen LogP contribution in [0.3, 0.4) is 0 Å². The molecule has 36 heavy (non-hydrogen) atoms. The van der Waals surface area contributed by atoms with Gasteiger partial charge in [-0.1, -0.05) is 24.6 Å². The second-order valence-corrected chi connectivity index (χ2v) is 10.7. The van der Waals surface area contributed by atoms with Crippen LogP contribution >= 0.6 is 0 Å². The van der Waals surface area contributed by atoms with Crippen LogP contribution in [0.2, 0.25) is 0 Å². The van der Waals surface area contributed by atoms with Crippen LogP contribution in [0.1, 0.15) is 49.3 Å². The quantitative estimate of drug-likeness (QED) is 0.360. The summed E-state index contributed by atoms with van der Waals surface area (Å²) >= 11 is 0. The van der Waals surface area contributed by atoms with E-state index in [4.69, 9.17) is 4.74 Å². The van der Waals surface area contributed by atoms with Gasteiger partial charge in [0.1, 0.15) is 5.75 Å². The fraction of sp³-hybridized carbons (Fsp3) is 0.448. The number of anilines is 2. The van der Waals surface area contributed by atoms with Crippen molar-refractivity contribution in [1.29, 1.82) is 0 Å². The third kappa shape index (κ3) is 4.21. The zero-order valence-electron chi connectivity index (χ0n) is 21.2. The second kappa shape index (κ2) is 9.19. The molecule has 3 amide bonds. The third-order valence-corrected chi connectivity index (χ3v) is 7.92. The highest BCUT2D eigenvalue weighted by atomic mass is 16.5. The molecule has 7 nitrogen and oxygen atoms in total. The van der Waals surface area contributed by atoms with Gasteiger partial charge >= 0.3 is 5.97 Å². The number of amides is 3. The number of benzene rings is 2. The van der Waals surface area contributed by atoms with E-state index in [0.717, 1.165) is 36.1 Å². The SMILES string of the molecule is Cc1ccc(N2C[C@H](C(=O)Oc3ccc(N4C(=O)[C@@H]5CC[C@@H](C)C[C@H]5C4=O)c(C)c3)CC2=O)c(C)c1. The maximum atomic E-state index is 13.1. The number of esters is 1. The minimum Gasteiger partial charge on any atom is -0.426 e. The average Bonchev–Trinajstić information content (AvgIpc) is 3.32. The van der Waals surface area contributed by atoms with Crippen molar-refractivity contribution in [2.75, 3.05) is 16.3 Å². The fourth-order valence-corrected chi connectivity index (χ4v) is 5.98. The Hall–Kier alpha value is -3.48. The van der Waals surface area contributed by atoms with Crippen molar-refractivity contribution in [3.8, 4) is 5.75 Å². The number of nitrogens with zero attached hydrogens (tertiary/aromatic N) is 2. The van der Waals surface area contributed by atoms with Gasteiger partial charge in [0.15, 0.2) is 0 Å². The molecule has 2 heterocycles. The molecule has 7 heteroatoms. The normalized spacial score (nSPS) is 25.9. The Kier molecular flexibility index (Phi) is 6.18. The summed E-state index contributed by atoms with van der Waals surface area (Å²) in [6.07, 6.45) is 2.56. The summed E-state index contributed by atoms with van der Waals surface area (Å²) in [7, 11) is 0. The van der Waals surface area contributed by atoms with Crippen LogP contribution in [-0.2, 0) is 19.2 Å². The molecule has 188 valence electrons. The van der Waals surface area contributed by atoms with Crippen molar-refractivity contribution in [2.45, 2.75) is 53.4 Å². The highest BCUT2D eigenvalue weighted by molar-refractivity contribution is 6.22. The molecule has 2 saturated heterocycles. The molecule has 2 aromatic rings. The largest absolute Gasteiger partial charge is 0.426 e. The molecule has 0 spiro atoms. The molecule has 2 aromatic carbocycles. The van der Waals surface area contributed by atoms with E-state index in [9.17, 15) is 19.2 Å². The molecule has 5 rings (SSSR count). The first-order chi connectivity index (χ1) is 17.1. The standard InChI is InChI=1S/C29H32N2O5/c1-16-6-9-24(18(3)11-16)30-15-20(14-26(30)32)29(35)36-21-7-10-25(19(4)13-21)31-27(33)22-8-5-17(2)12-23(22)28(31)34/h6-7,9-11,13,17,20,22-23H,5,8,12,14-15H2,1-4H3/t17-,20-,22-,23-/m1/s1. The minimum absolute atomic E-state index is 0.0984. The predicted molar refractivity (Wildman–Crippen MR) is 136 cm³/mol. The predicted octanol–water partition coefficient (Wildman–Crippen LogP) is 4.50. The number of hydrogen-bond acceptors (Lipinski definition) is 5. The van der Waals surface area contributed by atoms with Gasteiger partial charge in [-0.3, -0.25) is 19.2 Å². The van der Waals surface area contributed by atoms with Gasteiger partial charge in [-0.15, -0.1) is 0 Å². The summed E-state index contributed by atoms with van der Waals surface area (Å²) in [6, 6.07) is 10.9. The Morgan fingerprint density at radius 1 is 0.889 bits per heavy atom. The molecule has 3 fully saturated rings. The number of rotatable bonds is 4. The van der Waals surface area contributed by atoms with E-state index in [1.165, 1.54) is 4.90 Å². The highest BCUT2D eigenvalue weighted by Crippen LogP contribution is 2.43. The number of hydrogen-bond donors (Lipinski definition) is 0. The minimum atomic E-state index is -0.565. The van der Waals surface area contributed by atoms with Crippen LogP contribution in [0, 0.1) is 44.4 Å². The van der Waals surface area contributed by atoms with E-state index in [0.29, 0.717) is 22.9 Å². The number of carbonyl (C=O) groups is 4. The summed E-state index contributed by atoms with van der Waals surface area (Å²) in [4.78, 5) is 54.7. The van der Waals surface area contributed by atoms with Crippen molar-refractivity contribution in [3.63, 3.8) is 0 Å². The van der Waals surface area contributed by atoms with Crippen LogP contribution in [0.15, 0.2) is 36.4 Å². The van der Waals surface area contributed by atoms with Gasteiger partial charge in [0.05, 0.1) is 23.4 Å². The molecule has 3 aliphatic rings. The van der Waals surface area contributed by atoms with Gasteiger partial charge in [-0.25, -0.2) is 4.90 Å². The summed E-state index contributed by atoms with van der Waals surface area (Å²) in [5.74, 6) is -1.06. The van der Waals surface area contributed by atoms with Crippen LogP contribution < -0.4 is 14.5 Å². The van der Waals surface area contributed by atoms with Gasteiger partial charge < -0.3 is 9.64 Å². The van der Waals surface area contributed by atoms with Crippen LogP contribution in [0.25, 0.3) is 0 Å². The molecule has 0 radical (unpaired) electrons. The van der Waals surface area contributed by atoms with E-state index in [1.54, 1.807) is 30.0 Å². The Morgan fingerprint density at radius 3 is 2.31 bits per heavy atom. The topological polar surface area (TPSA) is 84.0 Å². The van der Waals surface area contributed by atoms with Crippen LogP contribution in [0.4, 0.5) is 11.4 Å². The maximum Gasteiger partial charge on any atom is 0.316 e. The molecule has 4 atom stereocenters. The number of carbonyl (C=O) groups excluding carboxylic acids is 4. The van der Waals surface area contributed by atoms with E-state index >= 15 is 0 Å². The summed E-state index contributed by atoms with van der Waals surface area (Å²) in [5, 5.41) is 0. The molecular formula is C29H32N2O5. The monoisotopic (exact) mass is 488 g/mol. The van der Waals surface area contributed by atoms with E-state index < -0.39 is 11.9 Å². The lowest BCUT2D eigenvalue weighted by Gasteiger charge is -2.25. The average molecular weight is 489 g/mol. The Bertz CT molecular complexity index is 1270.